The molecule has 1 saturated heterocycles. The van der Waals surface area contributed by atoms with E-state index in [0.717, 1.165) is 45.0 Å². The molecule has 2 aliphatic rings. The summed E-state index contributed by atoms with van der Waals surface area (Å²) >= 11 is 0. The molecule has 0 bridgehead atoms. The minimum absolute atomic E-state index is 0.0190. The van der Waals surface area contributed by atoms with Crippen LogP contribution >= 0.6 is 0 Å². The quantitative estimate of drug-likeness (QED) is 0.839. The fourth-order valence-electron chi connectivity index (χ4n) is 3.19. The van der Waals surface area contributed by atoms with Gasteiger partial charge in [-0.1, -0.05) is 11.6 Å². The van der Waals surface area contributed by atoms with Gasteiger partial charge in [-0.05, 0) is 51.3 Å². The molecule has 6 heteroatoms. The van der Waals surface area contributed by atoms with Crippen LogP contribution in [0.15, 0.2) is 23.8 Å². The Bertz CT molecular complexity index is 576. The molecule has 0 saturated carbocycles. The van der Waals surface area contributed by atoms with Crippen LogP contribution in [0.1, 0.15) is 42.6 Å². The second kappa shape index (κ2) is 8.24. The van der Waals surface area contributed by atoms with Gasteiger partial charge in [-0.2, -0.15) is 0 Å². The average molecular weight is 329 g/mol. The molecule has 1 aromatic rings. The minimum Gasteiger partial charge on any atom is -0.368 e. The SMILES string of the molecule is CN1CCN(C(=O)c2ccc(NCCC3=CCCCC3)nn2)CC1. The van der Waals surface area contributed by atoms with Crippen LogP contribution in [0, 0.1) is 0 Å². The van der Waals surface area contributed by atoms with Crippen LogP contribution in [-0.2, 0) is 0 Å². The number of hydrogen-bond donors (Lipinski definition) is 1. The molecular weight excluding hydrogens is 302 g/mol. The third kappa shape index (κ3) is 4.54. The number of carbonyl (C=O) groups is 1. The number of piperazine rings is 1. The molecule has 130 valence electrons. The van der Waals surface area contributed by atoms with Gasteiger partial charge in [-0.25, -0.2) is 0 Å². The Kier molecular flexibility index (Phi) is 5.80. The van der Waals surface area contributed by atoms with Crippen LogP contribution in [0.25, 0.3) is 0 Å². The number of anilines is 1. The molecule has 2 heterocycles. The lowest BCUT2D eigenvalue weighted by molar-refractivity contribution is 0.0657. The normalized spacial score (nSPS) is 19.0. The van der Waals surface area contributed by atoms with Crippen molar-refractivity contribution in [3.63, 3.8) is 0 Å². The lowest BCUT2D eigenvalue weighted by Crippen LogP contribution is -2.47. The highest BCUT2D eigenvalue weighted by Crippen LogP contribution is 2.19. The van der Waals surface area contributed by atoms with Gasteiger partial charge >= 0.3 is 0 Å². The standard InChI is InChI=1S/C18H27N5O/c1-22-11-13-23(14-12-22)18(24)16-7-8-17(21-20-16)19-10-9-15-5-3-2-4-6-15/h5,7-8H,2-4,6,9-14H2,1H3,(H,19,21). The molecule has 1 fully saturated rings. The first kappa shape index (κ1) is 16.9. The van der Waals surface area contributed by atoms with Gasteiger partial charge in [-0.15, -0.1) is 10.2 Å². The van der Waals surface area contributed by atoms with Crippen molar-refractivity contribution in [2.75, 3.05) is 45.1 Å². The zero-order chi connectivity index (χ0) is 16.8. The maximum atomic E-state index is 12.4. The van der Waals surface area contributed by atoms with Gasteiger partial charge in [-0.3, -0.25) is 4.79 Å². The van der Waals surface area contributed by atoms with Crippen molar-refractivity contribution in [3.8, 4) is 0 Å². The summed E-state index contributed by atoms with van der Waals surface area (Å²) in [5, 5.41) is 11.6. The Labute approximate surface area is 143 Å². The van der Waals surface area contributed by atoms with Crippen LogP contribution < -0.4 is 5.32 Å². The fourth-order valence-corrected chi connectivity index (χ4v) is 3.19. The Hall–Kier alpha value is -1.95. The van der Waals surface area contributed by atoms with Crippen molar-refractivity contribution in [2.24, 2.45) is 0 Å². The second-order valence-corrected chi connectivity index (χ2v) is 6.68. The summed E-state index contributed by atoms with van der Waals surface area (Å²) in [5.74, 6) is 0.718. The van der Waals surface area contributed by atoms with Crippen molar-refractivity contribution in [2.45, 2.75) is 32.1 Å². The zero-order valence-electron chi connectivity index (χ0n) is 14.5. The number of nitrogens with one attached hydrogen (secondary N) is 1. The van der Waals surface area contributed by atoms with E-state index in [1.807, 2.05) is 11.0 Å². The Morgan fingerprint density at radius 2 is 2.00 bits per heavy atom. The molecule has 24 heavy (non-hydrogen) atoms. The van der Waals surface area contributed by atoms with Crippen LogP contribution in [0.3, 0.4) is 0 Å². The lowest BCUT2D eigenvalue weighted by atomic mass is 9.97. The molecule has 0 radical (unpaired) electrons. The fraction of sp³-hybridized carbons (Fsp3) is 0.611. The molecule has 0 spiro atoms. The first-order valence-electron chi connectivity index (χ1n) is 8.96. The van der Waals surface area contributed by atoms with E-state index < -0.39 is 0 Å². The number of aromatic nitrogens is 2. The smallest absolute Gasteiger partial charge is 0.274 e. The molecular formula is C18H27N5O. The number of allylic oxidation sites excluding steroid dienone is 1. The molecule has 0 aromatic carbocycles. The topological polar surface area (TPSA) is 61.4 Å². The summed E-state index contributed by atoms with van der Waals surface area (Å²) in [4.78, 5) is 16.5. The Morgan fingerprint density at radius 3 is 2.67 bits per heavy atom. The first-order chi connectivity index (χ1) is 11.7. The number of nitrogens with zero attached hydrogens (tertiary/aromatic N) is 4. The monoisotopic (exact) mass is 329 g/mol. The number of likely N-dealkylation sites (N-methyl/N-ethyl adjacent to an activating group) is 1. The Morgan fingerprint density at radius 1 is 1.17 bits per heavy atom. The van der Waals surface area contributed by atoms with E-state index in [4.69, 9.17) is 0 Å². The van der Waals surface area contributed by atoms with Crippen LogP contribution in [0.2, 0.25) is 0 Å². The maximum Gasteiger partial charge on any atom is 0.274 e. The van der Waals surface area contributed by atoms with Crippen molar-refractivity contribution < 1.29 is 4.79 Å². The molecule has 1 aromatic heterocycles. The van der Waals surface area contributed by atoms with E-state index in [2.05, 4.69) is 33.5 Å². The second-order valence-electron chi connectivity index (χ2n) is 6.68. The van der Waals surface area contributed by atoms with E-state index in [1.54, 1.807) is 11.6 Å². The van der Waals surface area contributed by atoms with Gasteiger partial charge in [0, 0.05) is 32.7 Å². The molecule has 0 atom stereocenters. The molecule has 1 aliphatic carbocycles. The Balaban J connectivity index is 1.47. The van der Waals surface area contributed by atoms with Crippen molar-refractivity contribution >= 4 is 11.7 Å². The highest BCUT2D eigenvalue weighted by atomic mass is 16.2. The molecule has 1 aliphatic heterocycles. The molecule has 1 N–H and O–H groups in total. The van der Waals surface area contributed by atoms with Crippen LogP contribution in [0.5, 0.6) is 0 Å². The van der Waals surface area contributed by atoms with E-state index >= 15 is 0 Å². The summed E-state index contributed by atoms with van der Waals surface area (Å²) in [5.41, 5.74) is 1.98. The summed E-state index contributed by atoms with van der Waals surface area (Å²) in [7, 11) is 2.07. The first-order valence-corrected chi connectivity index (χ1v) is 8.96. The maximum absolute atomic E-state index is 12.4. The third-order valence-electron chi connectivity index (χ3n) is 4.81. The van der Waals surface area contributed by atoms with E-state index in [1.165, 1.54) is 25.7 Å². The lowest BCUT2D eigenvalue weighted by Gasteiger charge is -2.32. The van der Waals surface area contributed by atoms with Gasteiger partial charge < -0.3 is 15.1 Å². The zero-order valence-corrected chi connectivity index (χ0v) is 14.5. The number of amides is 1. The largest absolute Gasteiger partial charge is 0.368 e. The number of carbonyl (C=O) groups excluding carboxylic acids is 1. The van der Waals surface area contributed by atoms with E-state index in [-0.39, 0.29) is 5.91 Å². The number of hydrogen-bond acceptors (Lipinski definition) is 5. The molecule has 1 amide bonds. The summed E-state index contributed by atoms with van der Waals surface area (Å²) in [6, 6.07) is 3.63. The molecule has 0 unspecified atom stereocenters. The van der Waals surface area contributed by atoms with Gasteiger partial charge in [0.25, 0.3) is 5.91 Å². The van der Waals surface area contributed by atoms with Gasteiger partial charge in [0.2, 0.25) is 0 Å². The van der Waals surface area contributed by atoms with E-state index in [0.29, 0.717) is 5.69 Å². The molecule has 6 nitrogen and oxygen atoms in total. The van der Waals surface area contributed by atoms with Gasteiger partial charge in [0.15, 0.2) is 5.69 Å². The van der Waals surface area contributed by atoms with Crippen molar-refractivity contribution in [3.05, 3.63) is 29.5 Å². The van der Waals surface area contributed by atoms with Gasteiger partial charge in [0.05, 0.1) is 0 Å². The predicted molar refractivity (Wildman–Crippen MR) is 95.1 cm³/mol. The minimum atomic E-state index is -0.0190. The summed E-state index contributed by atoms with van der Waals surface area (Å²) in [6.07, 6.45) is 8.52. The highest BCUT2D eigenvalue weighted by molar-refractivity contribution is 5.92. The third-order valence-corrected chi connectivity index (χ3v) is 4.81. The predicted octanol–water partition coefficient (Wildman–Crippen LogP) is 2.17. The van der Waals surface area contributed by atoms with Crippen LogP contribution in [-0.4, -0.2) is 65.7 Å². The van der Waals surface area contributed by atoms with E-state index in [9.17, 15) is 4.79 Å². The van der Waals surface area contributed by atoms with Gasteiger partial charge in [0.1, 0.15) is 5.82 Å². The average Bonchev–Trinajstić information content (AvgIpc) is 2.63. The highest BCUT2D eigenvalue weighted by Gasteiger charge is 2.21. The number of rotatable bonds is 5. The van der Waals surface area contributed by atoms with Crippen molar-refractivity contribution in [1.29, 1.82) is 0 Å². The molecule has 3 rings (SSSR count). The van der Waals surface area contributed by atoms with Crippen LogP contribution in [0.4, 0.5) is 5.82 Å². The van der Waals surface area contributed by atoms with Crippen molar-refractivity contribution in [1.82, 2.24) is 20.0 Å². The summed E-state index contributed by atoms with van der Waals surface area (Å²) < 4.78 is 0. The summed E-state index contributed by atoms with van der Waals surface area (Å²) in [6.45, 7) is 4.20.